The maximum Gasteiger partial charge on any atom is 0.237 e. The Hall–Kier alpha value is -1.59. The molecule has 1 fully saturated rings. The minimum absolute atomic E-state index is 0.0888. The Kier molecular flexibility index (Phi) is 6.43. The second kappa shape index (κ2) is 8.61. The Bertz CT molecular complexity index is 661. The highest BCUT2D eigenvalue weighted by atomic mass is 16.3. The lowest BCUT2D eigenvalue weighted by molar-refractivity contribution is -0.124. The van der Waals surface area contributed by atoms with Gasteiger partial charge in [0.05, 0.1) is 6.04 Å². The van der Waals surface area contributed by atoms with Crippen LogP contribution in [-0.4, -0.2) is 47.6 Å². The average molecular weight is 374 g/mol. The Labute approximate surface area is 163 Å². The predicted molar refractivity (Wildman–Crippen MR) is 109 cm³/mol. The van der Waals surface area contributed by atoms with Crippen molar-refractivity contribution in [3.63, 3.8) is 0 Å². The van der Waals surface area contributed by atoms with Crippen molar-refractivity contribution in [2.75, 3.05) is 19.6 Å². The van der Waals surface area contributed by atoms with Crippen molar-refractivity contribution in [2.24, 2.45) is 17.8 Å². The molecule has 2 aliphatic rings. The summed E-state index contributed by atoms with van der Waals surface area (Å²) in [5.41, 5.74) is 2.22. The maximum absolute atomic E-state index is 12.9. The van der Waals surface area contributed by atoms with Gasteiger partial charge in [-0.15, -0.1) is 0 Å². The fourth-order valence-corrected chi connectivity index (χ4v) is 4.19. The van der Waals surface area contributed by atoms with Crippen LogP contribution in [0.1, 0.15) is 45.2 Å². The van der Waals surface area contributed by atoms with E-state index in [0.717, 1.165) is 42.6 Å². The normalized spacial score (nSPS) is 27.2. The molecule has 150 valence electrons. The molecular weight excluding hydrogens is 338 g/mol. The van der Waals surface area contributed by atoms with E-state index in [2.05, 4.69) is 43.2 Å². The van der Waals surface area contributed by atoms with Gasteiger partial charge in [-0.3, -0.25) is 4.79 Å². The first-order valence-corrected chi connectivity index (χ1v) is 10.4. The molecule has 2 aliphatic heterocycles. The van der Waals surface area contributed by atoms with E-state index in [4.69, 9.17) is 0 Å². The lowest BCUT2D eigenvalue weighted by Crippen LogP contribution is -2.55. The maximum atomic E-state index is 12.9. The second-order valence-electron chi connectivity index (χ2n) is 8.95. The Morgan fingerprint density at radius 3 is 2.78 bits per heavy atom. The number of phenols is 1. The fraction of sp³-hybridized carbons (Fsp3) is 0.682. The van der Waals surface area contributed by atoms with E-state index in [1.54, 1.807) is 12.1 Å². The Balaban J connectivity index is 1.58. The third kappa shape index (κ3) is 5.02. The lowest BCUT2D eigenvalue weighted by atomic mass is 9.88. The zero-order valence-corrected chi connectivity index (χ0v) is 17.2. The number of amides is 1. The summed E-state index contributed by atoms with van der Waals surface area (Å²) < 4.78 is 0. The molecule has 2 heterocycles. The molecule has 4 atom stereocenters. The average Bonchev–Trinajstić information content (AvgIpc) is 2.63. The predicted octanol–water partition coefficient (Wildman–Crippen LogP) is 2.53. The highest BCUT2D eigenvalue weighted by Crippen LogP contribution is 2.24. The monoisotopic (exact) mass is 373 g/mol. The summed E-state index contributed by atoms with van der Waals surface area (Å²) in [6.07, 6.45) is 1.91. The first-order chi connectivity index (χ1) is 12.8. The number of fused-ring (bicyclic) bond motifs is 1. The number of phenolic OH excluding ortho intramolecular Hbond substituents is 1. The van der Waals surface area contributed by atoms with Gasteiger partial charge in [-0.05, 0) is 60.4 Å². The topological polar surface area (TPSA) is 64.6 Å². The number of hydrogen-bond acceptors (Lipinski definition) is 4. The summed E-state index contributed by atoms with van der Waals surface area (Å²) in [7, 11) is 0. The second-order valence-corrected chi connectivity index (χ2v) is 8.95. The number of likely N-dealkylation sites (tertiary alicyclic amines) is 1. The van der Waals surface area contributed by atoms with Gasteiger partial charge >= 0.3 is 0 Å². The Morgan fingerprint density at radius 1 is 1.30 bits per heavy atom. The number of benzene rings is 1. The third-order valence-corrected chi connectivity index (χ3v) is 6.47. The van der Waals surface area contributed by atoms with Crippen LogP contribution in [0.5, 0.6) is 5.75 Å². The summed E-state index contributed by atoms with van der Waals surface area (Å²) in [4.78, 5) is 15.4. The van der Waals surface area contributed by atoms with Crippen LogP contribution in [0.15, 0.2) is 18.2 Å². The number of nitrogens with one attached hydrogen (secondary N) is 2. The summed E-state index contributed by atoms with van der Waals surface area (Å²) in [5.74, 6) is 2.28. The van der Waals surface area contributed by atoms with Gasteiger partial charge in [-0.1, -0.05) is 33.8 Å². The van der Waals surface area contributed by atoms with E-state index >= 15 is 0 Å². The fourth-order valence-electron chi connectivity index (χ4n) is 4.19. The first-order valence-electron chi connectivity index (χ1n) is 10.4. The Morgan fingerprint density at radius 2 is 2.07 bits per heavy atom. The molecule has 3 N–H and O–H groups in total. The van der Waals surface area contributed by atoms with E-state index in [-0.39, 0.29) is 23.7 Å². The minimum atomic E-state index is -0.205. The zero-order chi connectivity index (χ0) is 19.6. The molecule has 0 bridgehead atoms. The van der Waals surface area contributed by atoms with Crippen LogP contribution >= 0.6 is 0 Å². The van der Waals surface area contributed by atoms with E-state index in [0.29, 0.717) is 18.9 Å². The smallest absolute Gasteiger partial charge is 0.237 e. The first kappa shape index (κ1) is 20.2. The van der Waals surface area contributed by atoms with E-state index in [1.807, 2.05) is 6.07 Å². The minimum Gasteiger partial charge on any atom is -0.508 e. The summed E-state index contributed by atoms with van der Waals surface area (Å²) in [6, 6.07) is 5.38. The number of carbonyl (C=O) groups excluding carboxylic acids is 1. The van der Waals surface area contributed by atoms with Gasteiger partial charge in [0.1, 0.15) is 5.75 Å². The molecular formula is C22H35N3O2. The van der Waals surface area contributed by atoms with Crippen LogP contribution in [0.4, 0.5) is 0 Å². The van der Waals surface area contributed by atoms with Gasteiger partial charge in [-0.25, -0.2) is 0 Å². The van der Waals surface area contributed by atoms with Gasteiger partial charge in [0.2, 0.25) is 5.91 Å². The van der Waals surface area contributed by atoms with Gasteiger partial charge in [0.15, 0.2) is 0 Å². The van der Waals surface area contributed by atoms with E-state index < -0.39 is 0 Å². The van der Waals surface area contributed by atoms with Crippen LogP contribution in [0.3, 0.4) is 0 Å². The standard InChI is InChI=1S/C22H35N3O2/c1-14(2)21(13-25-8-7-15(3)16(4)12-25)24-22(27)20-10-17-5-6-19(26)9-18(17)11-23-20/h5-6,9,14-16,20-21,23,26H,7-8,10-13H2,1-4H3,(H,24,27)/t15-,16+,20?,21-/m1/s1. The van der Waals surface area contributed by atoms with Crippen LogP contribution < -0.4 is 10.6 Å². The van der Waals surface area contributed by atoms with Crippen molar-refractivity contribution in [3.05, 3.63) is 29.3 Å². The van der Waals surface area contributed by atoms with Crippen molar-refractivity contribution in [1.29, 1.82) is 0 Å². The number of nitrogens with zero attached hydrogens (tertiary/aromatic N) is 1. The van der Waals surface area contributed by atoms with Gasteiger partial charge in [0, 0.05) is 25.7 Å². The van der Waals surface area contributed by atoms with Crippen LogP contribution in [0.25, 0.3) is 0 Å². The van der Waals surface area contributed by atoms with E-state index in [9.17, 15) is 9.90 Å². The van der Waals surface area contributed by atoms with Crippen molar-refractivity contribution < 1.29 is 9.90 Å². The van der Waals surface area contributed by atoms with Gasteiger partial charge in [-0.2, -0.15) is 0 Å². The molecule has 1 saturated heterocycles. The molecule has 0 saturated carbocycles. The quantitative estimate of drug-likeness (QED) is 0.742. The van der Waals surface area contributed by atoms with Crippen molar-refractivity contribution in [1.82, 2.24) is 15.5 Å². The molecule has 3 rings (SSSR count). The number of piperidine rings is 1. The van der Waals surface area contributed by atoms with Crippen molar-refractivity contribution in [2.45, 2.75) is 59.2 Å². The molecule has 0 radical (unpaired) electrons. The number of hydrogen-bond donors (Lipinski definition) is 3. The summed E-state index contributed by atoms with van der Waals surface area (Å²) >= 11 is 0. The highest BCUT2D eigenvalue weighted by Gasteiger charge is 2.29. The van der Waals surface area contributed by atoms with Gasteiger partial charge in [0.25, 0.3) is 0 Å². The SMILES string of the molecule is CC(C)[C@@H](CN1CC[C@@H](C)[C@@H](C)C1)NC(=O)C1Cc2ccc(O)cc2CN1. The molecule has 0 aromatic heterocycles. The van der Waals surface area contributed by atoms with Crippen molar-refractivity contribution >= 4 is 5.91 Å². The molecule has 1 aromatic carbocycles. The van der Waals surface area contributed by atoms with Gasteiger partial charge < -0.3 is 20.6 Å². The van der Waals surface area contributed by atoms with Crippen LogP contribution in [0, 0.1) is 17.8 Å². The molecule has 27 heavy (non-hydrogen) atoms. The molecule has 1 amide bonds. The largest absolute Gasteiger partial charge is 0.508 e. The molecule has 0 spiro atoms. The highest BCUT2D eigenvalue weighted by molar-refractivity contribution is 5.82. The molecule has 0 aliphatic carbocycles. The van der Waals surface area contributed by atoms with Crippen molar-refractivity contribution in [3.8, 4) is 5.75 Å². The van der Waals surface area contributed by atoms with Crippen LogP contribution in [-0.2, 0) is 17.8 Å². The zero-order valence-electron chi connectivity index (χ0n) is 17.2. The number of rotatable bonds is 5. The third-order valence-electron chi connectivity index (χ3n) is 6.47. The molecule has 5 heteroatoms. The van der Waals surface area contributed by atoms with Crippen LogP contribution in [0.2, 0.25) is 0 Å². The summed E-state index contributed by atoms with van der Waals surface area (Å²) in [5, 5.41) is 16.3. The lowest BCUT2D eigenvalue weighted by Gasteiger charge is -2.38. The number of carbonyl (C=O) groups is 1. The van der Waals surface area contributed by atoms with E-state index in [1.165, 1.54) is 6.42 Å². The number of aromatic hydroxyl groups is 1. The molecule has 1 unspecified atom stereocenters. The molecule has 1 aromatic rings. The summed E-state index contributed by atoms with van der Waals surface area (Å²) in [6.45, 7) is 12.9. The molecule has 5 nitrogen and oxygen atoms in total.